The molecule has 3 heteroatoms. The number of para-hydroxylation sites is 1. The van der Waals surface area contributed by atoms with E-state index in [1.54, 1.807) is 6.20 Å². The second-order valence-corrected chi connectivity index (χ2v) is 4.99. The first-order valence-corrected chi connectivity index (χ1v) is 7.14. The smallest absolute Gasteiger partial charge is 0.130 e. The van der Waals surface area contributed by atoms with Gasteiger partial charge >= 0.3 is 0 Å². The predicted octanol–water partition coefficient (Wildman–Crippen LogP) is 3.83. The van der Waals surface area contributed by atoms with Crippen molar-refractivity contribution in [2.24, 2.45) is 0 Å². The molecule has 1 heterocycles. The first kappa shape index (κ1) is 13.4. The lowest BCUT2D eigenvalue weighted by Crippen LogP contribution is -2.00. The van der Waals surface area contributed by atoms with E-state index in [9.17, 15) is 0 Å². The molecule has 0 bridgehead atoms. The third kappa shape index (κ3) is 3.14. The lowest BCUT2D eigenvalue weighted by Gasteiger charge is -2.09. The van der Waals surface area contributed by atoms with Crippen molar-refractivity contribution in [1.29, 1.82) is 0 Å². The first-order valence-electron chi connectivity index (χ1n) is 7.14. The fraction of sp³-hybridized carbons (Fsp3) is 0.167. The molecule has 0 saturated carbocycles. The minimum absolute atomic E-state index is 0.683. The molecule has 0 aliphatic heterocycles. The van der Waals surface area contributed by atoms with E-state index in [-0.39, 0.29) is 0 Å². The molecule has 0 aliphatic rings. The van der Waals surface area contributed by atoms with Crippen LogP contribution < -0.4 is 10.5 Å². The Morgan fingerprint density at radius 3 is 2.67 bits per heavy atom. The van der Waals surface area contributed by atoms with Gasteiger partial charge in [-0.3, -0.25) is 4.98 Å². The molecule has 21 heavy (non-hydrogen) atoms. The maximum Gasteiger partial charge on any atom is 0.130 e. The second-order valence-electron chi connectivity index (χ2n) is 4.99. The Bertz CT molecular complexity index is 726. The normalized spacial score (nSPS) is 10.7. The molecule has 0 radical (unpaired) electrons. The van der Waals surface area contributed by atoms with Crippen LogP contribution in [0.2, 0.25) is 0 Å². The van der Waals surface area contributed by atoms with Crippen molar-refractivity contribution in [2.75, 3.05) is 12.3 Å². The number of aryl methyl sites for hydroxylation is 1. The molecular weight excluding hydrogens is 260 g/mol. The molecule has 0 fully saturated rings. The van der Waals surface area contributed by atoms with E-state index in [0.29, 0.717) is 12.3 Å². The Hall–Kier alpha value is -2.55. The number of nitrogen functional groups attached to an aromatic ring is 1. The topological polar surface area (TPSA) is 48.1 Å². The Labute approximate surface area is 124 Å². The number of ether oxygens (including phenoxy) is 1. The van der Waals surface area contributed by atoms with E-state index in [1.807, 2.05) is 30.3 Å². The van der Waals surface area contributed by atoms with E-state index in [1.165, 1.54) is 5.56 Å². The van der Waals surface area contributed by atoms with Crippen LogP contribution in [0.5, 0.6) is 5.75 Å². The molecule has 0 saturated heterocycles. The lowest BCUT2D eigenvalue weighted by molar-refractivity contribution is 0.314. The quantitative estimate of drug-likeness (QED) is 0.570. The van der Waals surface area contributed by atoms with Gasteiger partial charge in [-0.25, -0.2) is 0 Å². The summed E-state index contributed by atoms with van der Waals surface area (Å²) in [6.07, 6.45) is 3.74. The van der Waals surface area contributed by atoms with Crippen LogP contribution in [0.15, 0.2) is 60.8 Å². The average Bonchev–Trinajstić information content (AvgIpc) is 2.53. The highest BCUT2D eigenvalue weighted by molar-refractivity contribution is 5.93. The molecule has 0 amide bonds. The largest absolute Gasteiger partial charge is 0.493 e. The van der Waals surface area contributed by atoms with E-state index in [2.05, 4.69) is 29.2 Å². The standard InChI is InChI=1S/C18H18N2O/c19-16-10-4-9-15-17(11-12-20-18(15)16)21-13-5-8-14-6-2-1-3-7-14/h1-4,6-7,9-12H,5,8,13,19H2. The van der Waals surface area contributed by atoms with Crippen molar-refractivity contribution < 1.29 is 4.74 Å². The van der Waals surface area contributed by atoms with Crippen LogP contribution in [0.25, 0.3) is 10.9 Å². The van der Waals surface area contributed by atoms with Gasteiger partial charge in [-0.15, -0.1) is 0 Å². The molecular formula is C18H18N2O. The third-order valence-electron chi connectivity index (χ3n) is 3.47. The van der Waals surface area contributed by atoms with Gasteiger partial charge in [0.05, 0.1) is 17.8 Å². The number of fused-ring (bicyclic) bond motifs is 1. The zero-order valence-corrected chi connectivity index (χ0v) is 11.8. The summed E-state index contributed by atoms with van der Waals surface area (Å²) in [7, 11) is 0. The summed E-state index contributed by atoms with van der Waals surface area (Å²) in [4.78, 5) is 4.31. The van der Waals surface area contributed by atoms with Crippen LogP contribution in [-0.2, 0) is 6.42 Å². The highest BCUT2D eigenvalue weighted by Crippen LogP contribution is 2.27. The van der Waals surface area contributed by atoms with E-state index < -0.39 is 0 Å². The fourth-order valence-electron chi connectivity index (χ4n) is 2.40. The van der Waals surface area contributed by atoms with Crippen LogP contribution in [0.4, 0.5) is 5.69 Å². The van der Waals surface area contributed by atoms with Gasteiger partial charge in [-0.2, -0.15) is 0 Å². The number of anilines is 1. The molecule has 0 atom stereocenters. The summed E-state index contributed by atoms with van der Waals surface area (Å²) in [5.74, 6) is 0.848. The van der Waals surface area contributed by atoms with Gasteiger partial charge in [-0.05, 0) is 36.6 Å². The van der Waals surface area contributed by atoms with Gasteiger partial charge in [-0.1, -0.05) is 36.4 Å². The minimum Gasteiger partial charge on any atom is -0.493 e. The number of hydrogen-bond acceptors (Lipinski definition) is 3. The summed E-state index contributed by atoms with van der Waals surface area (Å²) < 4.78 is 5.90. The van der Waals surface area contributed by atoms with Crippen molar-refractivity contribution in [3.05, 3.63) is 66.4 Å². The first-order chi connectivity index (χ1) is 10.3. The minimum atomic E-state index is 0.683. The molecule has 0 spiro atoms. The zero-order chi connectivity index (χ0) is 14.5. The maximum atomic E-state index is 5.94. The zero-order valence-electron chi connectivity index (χ0n) is 11.8. The Morgan fingerprint density at radius 1 is 0.952 bits per heavy atom. The van der Waals surface area contributed by atoms with Crippen molar-refractivity contribution in [1.82, 2.24) is 4.98 Å². The SMILES string of the molecule is Nc1cccc2c(OCCCc3ccccc3)ccnc12. The number of nitrogens with two attached hydrogens (primary N) is 1. The number of aromatic nitrogens is 1. The highest BCUT2D eigenvalue weighted by Gasteiger charge is 2.05. The number of benzene rings is 2. The Morgan fingerprint density at radius 2 is 1.81 bits per heavy atom. The van der Waals surface area contributed by atoms with Crippen LogP contribution in [-0.4, -0.2) is 11.6 Å². The average molecular weight is 278 g/mol. The molecule has 106 valence electrons. The Balaban J connectivity index is 1.65. The molecule has 2 N–H and O–H groups in total. The molecule has 0 unspecified atom stereocenters. The van der Waals surface area contributed by atoms with Gasteiger partial charge in [0, 0.05) is 11.6 Å². The fourth-order valence-corrected chi connectivity index (χ4v) is 2.40. The van der Waals surface area contributed by atoms with Crippen molar-refractivity contribution in [3.63, 3.8) is 0 Å². The van der Waals surface area contributed by atoms with Gasteiger partial charge in [0.25, 0.3) is 0 Å². The maximum absolute atomic E-state index is 5.94. The van der Waals surface area contributed by atoms with E-state index in [0.717, 1.165) is 29.5 Å². The van der Waals surface area contributed by atoms with Crippen LogP contribution in [0, 0.1) is 0 Å². The third-order valence-corrected chi connectivity index (χ3v) is 3.47. The molecule has 3 nitrogen and oxygen atoms in total. The molecule has 2 aromatic carbocycles. The van der Waals surface area contributed by atoms with Crippen LogP contribution >= 0.6 is 0 Å². The number of pyridine rings is 1. The molecule has 3 aromatic rings. The summed E-state index contributed by atoms with van der Waals surface area (Å²) in [6.45, 7) is 0.683. The van der Waals surface area contributed by atoms with Crippen LogP contribution in [0.3, 0.4) is 0 Å². The van der Waals surface area contributed by atoms with Gasteiger partial charge in [0.15, 0.2) is 0 Å². The highest BCUT2D eigenvalue weighted by atomic mass is 16.5. The second kappa shape index (κ2) is 6.27. The number of hydrogen-bond donors (Lipinski definition) is 1. The van der Waals surface area contributed by atoms with E-state index in [4.69, 9.17) is 10.5 Å². The number of rotatable bonds is 5. The lowest BCUT2D eigenvalue weighted by atomic mass is 10.1. The Kier molecular flexibility index (Phi) is 4.01. The van der Waals surface area contributed by atoms with Crippen molar-refractivity contribution in [2.45, 2.75) is 12.8 Å². The molecule has 3 rings (SSSR count). The van der Waals surface area contributed by atoms with Crippen molar-refractivity contribution in [3.8, 4) is 5.75 Å². The van der Waals surface area contributed by atoms with Gasteiger partial charge < -0.3 is 10.5 Å². The van der Waals surface area contributed by atoms with Crippen molar-refractivity contribution >= 4 is 16.6 Å². The van der Waals surface area contributed by atoms with Crippen LogP contribution in [0.1, 0.15) is 12.0 Å². The summed E-state index contributed by atoms with van der Waals surface area (Å²) >= 11 is 0. The van der Waals surface area contributed by atoms with E-state index >= 15 is 0 Å². The summed E-state index contributed by atoms with van der Waals surface area (Å²) in [6, 6.07) is 18.1. The predicted molar refractivity (Wildman–Crippen MR) is 86.4 cm³/mol. The molecule has 0 aliphatic carbocycles. The summed E-state index contributed by atoms with van der Waals surface area (Å²) in [5, 5.41) is 0.970. The summed E-state index contributed by atoms with van der Waals surface area (Å²) in [5.41, 5.74) is 8.76. The van der Waals surface area contributed by atoms with Gasteiger partial charge in [0.1, 0.15) is 5.75 Å². The molecule has 1 aromatic heterocycles. The number of nitrogens with zero attached hydrogens (tertiary/aromatic N) is 1. The van der Waals surface area contributed by atoms with Gasteiger partial charge in [0.2, 0.25) is 0 Å². The monoisotopic (exact) mass is 278 g/mol.